The second-order valence-electron chi connectivity index (χ2n) is 4.49. The van der Waals surface area contributed by atoms with Crippen LogP contribution in [0.15, 0.2) is 24.3 Å². The summed E-state index contributed by atoms with van der Waals surface area (Å²) in [6.07, 6.45) is 3.48. The highest BCUT2D eigenvalue weighted by molar-refractivity contribution is 7.85. The summed E-state index contributed by atoms with van der Waals surface area (Å²) in [5.74, 6) is -0.516. The van der Waals surface area contributed by atoms with E-state index in [2.05, 4.69) is 10.8 Å². The van der Waals surface area contributed by atoms with E-state index in [1.54, 1.807) is 20.8 Å². The largest absolute Gasteiger partial charge is 0.457 e. The standard InChI is InChI=1S/C11H18O5S/c1-9(8-15-17(5,13)14)6-7-10(12)16-11(2,3)4/h6-7H,1,8H2,2-5H3/b7-6+. The van der Waals surface area contributed by atoms with Crippen LogP contribution in [0.1, 0.15) is 20.8 Å². The molecular weight excluding hydrogens is 244 g/mol. The number of carbonyl (C=O) groups excluding carboxylic acids is 1. The Balaban J connectivity index is 4.17. The molecule has 17 heavy (non-hydrogen) atoms. The second-order valence-corrected chi connectivity index (χ2v) is 6.14. The molecule has 0 unspecified atom stereocenters. The summed E-state index contributed by atoms with van der Waals surface area (Å²) in [4.78, 5) is 11.3. The lowest BCUT2D eigenvalue weighted by atomic mass is 10.2. The summed E-state index contributed by atoms with van der Waals surface area (Å²) in [6, 6.07) is 0. The topological polar surface area (TPSA) is 69.7 Å². The molecule has 0 aromatic rings. The van der Waals surface area contributed by atoms with Gasteiger partial charge in [0.2, 0.25) is 0 Å². The maximum Gasteiger partial charge on any atom is 0.331 e. The fraction of sp³-hybridized carbons (Fsp3) is 0.545. The average molecular weight is 262 g/mol. The van der Waals surface area contributed by atoms with Crippen molar-refractivity contribution in [1.29, 1.82) is 0 Å². The molecule has 0 spiro atoms. The summed E-state index contributed by atoms with van der Waals surface area (Å²) in [7, 11) is -3.50. The van der Waals surface area contributed by atoms with Crippen LogP contribution in [0.5, 0.6) is 0 Å². The van der Waals surface area contributed by atoms with E-state index in [1.807, 2.05) is 0 Å². The van der Waals surface area contributed by atoms with Crippen LogP contribution >= 0.6 is 0 Å². The molecule has 0 aliphatic carbocycles. The maximum absolute atomic E-state index is 11.3. The van der Waals surface area contributed by atoms with Gasteiger partial charge in [-0.25, -0.2) is 4.79 Å². The third-order valence-corrected chi connectivity index (χ3v) is 1.87. The van der Waals surface area contributed by atoms with Crippen LogP contribution in [0.2, 0.25) is 0 Å². The summed E-state index contributed by atoms with van der Waals surface area (Å²) in [6.45, 7) is 8.61. The smallest absolute Gasteiger partial charge is 0.331 e. The number of ether oxygens (including phenoxy) is 1. The zero-order valence-corrected chi connectivity index (χ0v) is 11.3. The lowest BCUT2D eigenvalue weighted by Crippen LogP contribution is -2.22. The van der Waals surface area contributed by atoms with Crippen molar-refractivity contribution in [3.8, 4) is 0 Å². The van der Waals surface area contributed by atoms with Gasteiger partial charge in [0.25, 0.3) is 10.1 Å². The predicted octanol–water partition coefficient (Wildman–Crippen LogP) is 1.42. The van der Waals surface area contributed by atoms with Crippen molar-refractivity contribution in [2.45, 2.75) is 26.4 Å². The van der Waals surface area contributed by atoms with Crippen molar-refractivity contribution < 1.29 is 22.1 Å². The first-order chi connectivity index (χ1) is 7.49. The van der Waals surface area contributed by atoms with E-state index in [4.69, 9.17) is 4.74 Å². The summed E-state index contributed by atoms with van der Waals surface area (Å²) >= 11 is 0. The van der Waals surface area contributed by atoms with E-state index in [0.29, 0.717) is 5.57 Å². The average Bonchev–Trinajstić information content (AvgIpc) is 2.07. The predicted molar refractivity (Wildman–Crippen MR) is 64.9 cm³/mol. The molecule has 0 rings (SSSR count). The molecule has 0 aliphatic rings. The van der Waals surface area contributed by atoms with Gasteiger partial charge >= 0.3 is 5.97 Å². The van der Waals surface area contributed by atoms with Crippen LogP contribution in [0.25, 0.3) is 0 Å². The van der Waals surface area contributed by atoms with Gasteiger partial charge in [-0.15, -0.1) is 0 Å². The van der Waals surface area contributed by atoms with Crippen molar-refractivity contribution in [3.63, 3.8) is 0 Å². The minimum Gasteiger partial charge on any atom is -0.457 e. The van der Waals surface area contributed by atoms with Gasteiger partial charge < -0.3 is 4.74 Å². The molecule has 0 amide bonds. The maximum atomic E-state index is 11.3. The van der Waals surface area contributed by atoms with Crippen molar-refractivity contribution in [1.82, 2.24) is 0 Å². The van der Waals surface area contributed by atoms with Crippen molar-refractivity contribution in [2.75, 3.05) is 12.9 Å². The van der Waals surface area contributed by atoms with Crippen LogP contribution < -0.4 is 0 Å². The van der Waals surface area contributed by atoms with Crippen LogP contribution in [0.3, 0.4) is 0 Å². The van der Waals surface area contributed by atoms with Crippen LogP contribution in [0, 0.1) is 0 Å². The van der Waals surface area contributed by atoms with Gasteiger partial charge in [0.15, 0.2) is 0 Å². The van der Waals surface area contributed by atoms with Crippen LogP contribution in [-0.2, 0) is 23.8 Å². The first-order valence-electron chi connectivity index (χ1n) is 4.93. The Morgan fingerprint density at radius 3 is 2.24 bits per heavy atom. The number of esters is 1. The molecule has 6 heteroatoms. The first-order valence-corrected chi connectivity index (χ1v) is 6.74. The van der Waals surface area contributed by atoms with E-state index < -0.39 is 21.7 Å². The Bertz CT molecular complexity index is 412. The molecule has 5 nitrogen and oxygen atoms in total. The Hall–Kier alpha value is -1.14. The van der Waals surface area contributed by atoms with E-state index in [-0.39, 0.29) is 6.61 Å². The van der Waals surface area contributed by atoms with Crippen molar-refractivity contribution in [2.24, 2.45) is 0 Å². The Kier molecular flexibility index (Phi) is 5.57. The lowest BCUT2D eigenvalue weighted by Gasteiger charge is -2.17. The van der Waals surface area contributed by atoms with Crippen molar-refractivity contribution in [3.05, 3.63) is 24.3 Å². The fourth-order valence-electron chi connectivity index (χ4n) is 0.753. The van der Waals surface area contributed by atoms with Gasteiger partial charge in [0.05, 0.1) is 12.9 Å². The monoisotopic (exact) mass is 262 g/mol. The van der Waals surface area contributed by atoms with E-state index in [0.717, 1.165) is 6.26 Å². The molecule has 0 atom stereocenters. The highest BCUT2D eigenvalue weighted by atomic mass is 32.2. The molecule has 0 fully saturated rings. The first kappa shape index (κ1) is 15.9. The Morgan fingerprint density at radius 1 is 1.29 bits per heavy atom. The van der Waals surface area contributed by atoms with Gasteiger partial charge in [0, 0.05) is 6.08 Å². The van der Waals surface area contributed by atoms with Gasteiger partial charge in [0.1, 0.15) is 5.60 Å². The zero-order valence-electron chi connectivity index (χ0n) is 10.5. The van der Waals surface area contributed by atoms with Gasteiger partial charge in [-0.3, -0.25) is 4.18 Å². The van der Waals surface area contributed by atoms with Crippen molar-refractivity contribution >= 4 is 16.1 Å². The molecule has 0 aromatic heterocycles. The van der Waals surface area contributed by atoms with Gasteiger partial charge in [-0.2, -0.15) is 8.42 Å². The molecule has 0 bridgehead atoms. The van der Waals surface area contributed by atoms with E-state index in [1.165, 1.54) is 12.2 Å². The summed E-state index contributed by atoms with van der Waals surface area (Å²) in [5.41, 5.74) is -0.201. The van der Waals surface area contributed by atoms with Crippen LogP contribution in [-0.4, -0.2) is 32.9 Å². The van der Waals surface area contributed by atoms with E-state index in [9.17, 15) is 13.2 Å². The third kappa shape index (κ3) is 11.1. The molecule has 0 aromatic carbocycles. The second kappa shape index (κ2) is 5.97. The van der Waals surface area contributed by atoms with Crippen LogP contribution in [0.4, 0.5) is 0 Å². The zero-order chi connectivity index (χ0) is 13.7. The number of hydrogen-bond donors (Lipinski definition) is 0. The molecule has 0 saturated carbocycles. The molecule has 0 radical (unpaired) electrons. The Labute approximate surface area is 102 Å². The fourth-order valence-corrected chi connectivity index (χ4v) is 1.12. The number of hydrogen-bond acceptors (Lipinski definition) is 5. The molecule has 0 aliphatic heterocycles. The SMILES string of the molecule is C=C(/C=C/C(=O)OC(C)(C)C)COS(C)(=O)=O. The molecule has 0 saturated heterocycles. The highest BCUT2D eigenvalue weighted by Gasteiger charge is 2.13. The third-order valence-electron chi connectivity index (χ3n) is 1.32. The molecule has 0 N–H and O–H groups in total. The highest BCUT2D eigenvalue weighted by Crippen LogP contribution is 2.07. The Morgan fingerprint density at radius 2 is 1.82 bits per heavy atom. The quantitative estimate of drug-likeness (QED) is 0.324. The number of carbonyl (C=O) groups is 1. The number of rotatable bonds is 5. The molecular formula is C11H18O5S. The van der Waals surface area contributed by atoms with E-state index >= 15 is 0 Å². The van der Waals surface area contributed by atoms with Gasteiger partial charge in [-0.05, 0) is 26.3 Å². The minimum atomic E-state index is -3.50. The summed E-state index contributed by atoms with van der Waals surface area (Å²) in [5, 5.41) is 0. The minimum absolute atomic E-state index is 0.182. The normalized spacial score (nSPS) is 12.7. The molecule has 98 valence electrons. The van der Waals surface area contributed by atoms with Gasteiger partial charge in [-0.1, -0.05) is 12.7 Å². The summed E-state index contributed by atoms with van der Waals surface area (Å²) < 4.78 is 30.9. The molecule has 0 heterocycles. The lowest BCUT2D eigenvalue weighted by molar-refractivity contribution is -0.148.